The van der Waals surface area contributed by atoms with Crippen LogP contribution in [-0.2, 0) is 7.05 Å². The normalized spacial score (nSPS) is 14.0. The molecule has 2 rings (SSSR count). The minimum atomic E-state index is -4.31. The lowest BCUT2D eigenvalue weighted by molar-refractivity contribution is -0.146. The van der Waals surface area contributed by atoms with Crippen LogP contribution < -0.4 is 10.5 Å². The van der Waals surface area contributed by atoms with Crippen LogP contribution >= 0.6 is 11.9 Å². The maximum absolute atomic E-state index is 13.3. The zero-order chi connectivity index (χ0) is 18.8. The Kier molecular flexibility index (Phi) is 5.79. The van der Waals surface area contributed by atoms with E-state index in [1.807, 2.05) is 0 Å². The van der Waals surface area contributed by atoms with Crippen molar-refractivity contribution in [1.82, 2.24) is 9.29 Å². The van der Waals surface area contributed by atoms with Gasteiger partial charge < -0.3 is 10.3 Å². The maximum atomic E-state index is 13.3. The third-order valence-corrected chi connectivity index (χ3v) is 4.41. The Morgan fingerprint density at radius 2 is 2.00 bits per heavy atom. The Morgan fingerprint density at radius 3 is 2.60 bits per heavy atom. The van der Waals surface area contributed by atoms with E-state index in [0.29, 0.717) is 21.8 Å². The van der Waals surface area contributed by atoms with Gasteiger partial charge in [-0.2, -0.15) is 13.2 Å². The lowest BCUT2D eigenvalue weighted by Crippen LogP contribution is -2.35. The molecule has 0 aliphatic heterocycles. The fraction of sp³-hybridized carbons (Fsp3) is 0.312. The molecule has 9 heteroatoms. The Morgan fingerprint density at radius 1 is 1.32 bits per heavy atom. The number of nitrogens with one attached hydrogen (secondary N) is 1. The molecule has 0 unspecified atom stereocenters. The summed E-state index contributed by atoms with van der Waals surface area (Å²) in [5, 5.41) is 0. The average molecular weight is 374 g/mol. The van der Waals surface area contributed by atoms with Gasteiger partial charge in [0.2, 0.25) is 0 Å². The number of nitrogens with two attached hydrogens (primary N) is 1. The van der Waals surface area contributed by atoms with Crippen LogP contribution in [0.2, 0.25) is 0 Å². The quantitative estimate of drug-likeness (QED) is 0.359. The molecule has 1 atom stereocenters. The van der Waals surface area contributed by atoms with Gasteiger partial charge in [0, 0.05) is 18.1 Å². The summed E-state index contributed by atoms with van der Waals surface area (Å²) in [6.45, 7) is 2.67. The fourth-order valence-corrected chi connectivity index (χ4v) is 2.79. The molecule has 1 aromatic carbocycles. The SMILES string of the molecule is Cc1cc(N=C(N)c2cc(SN[C@@H](C)C(F)(F)F)cn2C)ccc1F. The molecule has 136 valence electrons. The second-order valence-corrected chi connectivity index (χ2v) is 6.50. The molecule has 3 N–H and O–H groups in total. The van der Waals surface area contributed by atoms with Crippen LogP contribution in [0.15, 0.2) is 40.4 Å². The number of halogens is 4. The van der Waals surface area contributed by atoms with Crippen LogP contribution in [0, 0.1) is 12.7 Å². The van der Waals surface area contributed by atoms with Crippen molar-refractivity contribution in [3.8, 4) is 0 Å². The largest absolute Gasteiger partial charge is 0.404 e. The van der Waals surface area contributed by atoms with E-state index in [1.54, 1.807) is 36.9 Å². The van der Waals surface area contributed by atoms with Crippen molar-refractivity contribution in [1.29, 1.82) is 0 Å². The van der Waals surface area contributed by atoms with Gasteiger partial charge in [0.25, 0.3) is 0 Å². The third-order valence-electron chi connectivity index (χ3n) is 3.48. The summed E-state index contributed by atoms with van der Waals surface area (Å²) in [6, 6.07) is 4.36. The molecule has 2 aromatic rings. The monoisotopic (exact) mass is 374 g/mol. The van der Waals surface area contributed by atoms with Gasteiger partial charge in [-0.15, -0.1) is 0 Å². The second kappa shape index (κ2) is 7.49. The molecule has 0 fully saturated rings. The lowest BCUT2D eigenvalue weighted by Gasteiger charge is -2.15. The molecule has 0 aliphatic carbocycles. The molecule has 0 saturated carbocycles. The number of benzene rings is 1. The topological polar surface area (TPSA) is 55.3 Å². The van der Waals surface area contributed by atoms with E-state index in [2.05, 4.69) is 9.71 Å². The number of alkyl halides is 3. The van der Waals surface area contributed by atoms with Gasteiger partial charge in [-0.3, -0.25) is 0 Å². The summed E-state index contributed by atoms with van der Waals surface area (Å²) in [5.41, 5.74) is 7.47. The molecule has 0 amide bonds. The molecule has 0 bridgehead atoms. The van der Waals surface area contributed by atoms with E-state index in [1.165, 1.54) is 12.1 Å². The number of hydrogen-bond donors (Lipinski definition) is 2. The minimum Gasteiger partial charge on any atom is -0.382 e. The van der Waals surface area contributed by atoms with Crippen molar-refractivity contribution in [3.05, 3.63) is 47.5 Å². The van der Waals surface area contributed by atoms with Crippen molar-refractivity contribution in [2.45, 2.75) is 31.0 Å². The van der Waals surface area contributed by atoms with E-state index >= 15 is 0 Å². The molecule has 4 nitrogen and oxygen atoms in total. The summed E-state index contributed by atoms with van der Waals surface area (Å²) in [5.74, 6) is -0.149. The predicted molar refractivity (Wildman–Crippen MR) is 91.4 cm³/mol. The Bertz CT molecular complexity index is 783. The van der Waals surface area contributed by atoms with Gasteiger partial charge in [-0.1, -0.05) is 0 Å². The lowest BCUT2D eigenvalue weighted by atomic mass is 10.2. The fourth-order valence-electron chi connectivity index (χ4n) is 1.96. The van der Waals surface area contributed by atoms with Crippen molar-refractivity contribution in [2.24, 2.45) is 17.8 Å². The maximum Gasteiger partial charge on any atom is 0.404 e. The van der Waals surface area contributed by atoms with Crippen molar-refractivity contribution < 1.29 is 17.6 Å². The molecular weight excluding hydrogens is 356 g/mol. The smallest absolute Gasteiger partial charge is 0.382 e. The average Bonchev–Trinajstić information content (AvgIpc) is 2.88. The first-order valence-corrected chi connectivity index (χ1v) is 8.15. The predicted octanol–water partition coefficient (Wildman–Crippen LogP) is 4.06. The molecule has 1 aromatic heterocycles. The van der Waals surface area contributed by atoms with Gasteiger partial charge >= 0.3 is 6.18 Å². The van der Waals surface area contributed by atoms with Crippen LogP contribution in [0.25, 0.3) is 0 Å². The van der Waals surface area contributed by atoms with Gasteiger partial charge in [-0.05, 0) is 55.6 Å². The van der Waals surface area contributed by atoms with E-state index in [4.69, 9.17) is 5.73 Å². The first kappa shape index (κ1) is 19.3. The highest BCUT2D eigenvalue weighted by Crippen LogP contribution is 2.25. The molecular formula is C16H18F4N4S. The molecule has 0 spiro atoms. The Labute approximate surface area is 147 Å². The summed E-state index contributed by atoms with van der Waals surface area (Å²) in [7, 11) is 1.71. The van der Waals surface area contributed by atoms with Crippen molar-refractivity contribution in [2.75, 3.05) is 0 Å². The number of nitrogens with zero attached hydrogens (tertiary/aromatic N) is 2. The van der Waals surface area contributed by atoms with Gasteiger partial charge in [-0.25, -0.2) is 14.1 Å². The number of aliphatic imine (C=N–C) groups is 1. The van der Waals surface area contributed by atoms with E-state index < -0.39 is 12.2 Å². The van der Waals surface area contributed by atoms with Crippen molar-refractivity contribution in [3.63, 3.8) is 0 Å². The zero-order valence-electron chi connectivity index (χ0n) is 13.9. The minimum absolute atomic E-state index is 0.184. The highest BCUT2D eigenvalue weighted by atomic mass is 32.2. The number of aryl methyl sites for hydroxylation is 2. The molecule has 25 heavy (non-hydrogen) atoms. The van der Waals surface area contributed by atoms with E-state index in [0.717, 1.165) is 18.9 Å². The molecule has 0 radical (unpaired) electrons. The van der Waals surface area contributed by atoms with Crippen molar-refractivity contribution >= 4 is 23.5 Å². The number of aromatic nitrogens is 1. The van der Waals surface area contributed by atoms with Gasteiger partial charge in [0.15, 0.2) is 0 Å². The highest BCUT2D eigenvalue weighted by Gasteiger charge is 2.35. The molecule has 0 aliphatic rings. The summed E-state index contributed by atoms with van der Waals surface area (Å²) in [6.07, 6.45) is -2.67. The standard InChI is InChI=1S/C16H18F4N4S/c1-9-6-11(4-5-13(9)17)22-15(21)14-7-12(8-24(14)3)25-23-10(2)16(18,19)20/h4-8,10,23H,1-3H3,(H2,21,22)/t10-/m0/s1. The Balaban J connectivity index is 2.15. The Hall–Kier alpha value is -2.00. The zero-order valence-corrected chi connectivity index (χ0v) is 14.7. The van der Waals surface area contributed by atoms with Crippen LogP contribution in [0.4, 0.5) is 23.2 Å². The summed E-state index contributed by atoms with van der Waals surface area (Å²) >= 11 is 0.868. The summed E-state index contributed by atoms with van der Waals surface area (Å²) in [4.78, 5) is 4.81. The van der Waals surface area contributed by atoms with Gasteiger partial charge in [0.05, 0.1) is 11.4 Å². The first-order valence-electron chi connectivity index (χ1n) is 7.34. The second-order valence-electron chi connectivity index (χ2n) is 5.59. The van der Waals surface area contributed by atoms with E-state index in [9.17, 15) is 17.6 Å². The van der Waals surface area contributed by atoms with E-state index in [-0.39, 0.29) is 11.7 Å². The van der Waals surface area contributed by atoms with Gasteiger partial charge in [0.1, 0.15) is 17.7 Å². The highest BCUT2D eigenvalue weighted by molar-refractivity contribution is 7.97. The number of hydrogen-bond acceptors (Lipinski definition) is 3. The third kappa shape index (κ3) is 4.99. The number of amidine groups is 1. The van der Waals surface area contributed by atoms with Crippen LogP contribution in [0.5, 0.6) is 0 Å². The van der Waals surface area contributed by atoms with Crippen LogP contribution in [0.3, 0.4) is 0 Å². The summed E-state index contributed by atoms with van der Waals surface area (Å²) < 4.78 is 54.9. The van der Waals surface area contributed by atoms with Crippen LogP contribution in [-0.4, -0.2) is 22.6 Å². The first-order chi connectivity index (χ1) is 11.6. The van der Waals surface area contributed by atoms with Crippen LogP contribution in [0.1, 0.15) is 18.2 Å². The molecule has 1 heterocycles. The molecule has 0 saturated heterocycles. The number of rotatable bonds is 5.